The lowest BCUT2D eigenvalue weighted by Gasteiger charge is -2.37. The predicted molar refractivity (Wildman–Crippen MR) is 127 cm³/mol. The van der Waals surface area contributed by atoms with Gasteiger partial charge in [-0.3, -0.25) is 9.59 Å². The first-order chi connectivity index (χ1) is 15.8. The van der Waals surface area contributed by atoms with E-state index in [4.69, 9.17) is 11.6 Å². The van der Waals surface area contributed by atoms with E-state index in [-0.39, 0.29) is 30.2 Å². The molecule has 0 radical (unpaired) electrons. The van der Waals surface area contributed by atoms with Gasteiger partial charge in [0.25, 0.3) is 5.91 Å². The van der Waals surface area contributed by atoms with Crippen molar-refractivity contribution in [1.29, 1.82) is 0 Å². The van der Waals surface area contributed by atoms with Crippen LogP contribution in [0.2, 0.25) is 5.02 Å². The lowest BCUT2D eigenvalue weighted by atomic mass is 9.87. The molecule has 8 heteroatoms. The summed E-state index contributed by atoms with van der Waals surface area (Å²) in [6, 6.07) is 4.12. The molecular weight excluding hydrogens is 440 g/mol. The first kappa shape index (κ1) is 22.4. The molecule has 3 fully saturated rings. The van der Waals surface area contributed by atoms with E-state index in [9.17, 15) is 14.7 Å². The van der Waals surface area contributed by atoms with Gasteiger partial charge in [0.2, 0.25) is 5.91 Å². The molecule has 2 aromatic rings. The maximum Gasteiger partial charge on any atom is 0.276 e. The summed E-state index contributed by atoms with van der Waals surface area (Å²) < 4.78 is 1.71. The Morgan fingerprint density at radius 1 is 1.18 bits per heavy atom. The molecule has 1 saturated heterocycles. The number of aliphatic hydroxyl groups excluding tert-OH is 1. The number of fused-ring (bicyclic) bond motifs is 1. The van der Waals surface area contributed by atoms with E-state index in [1.807, 2.05) is 17.9 Å². The molecule has 2 saturated carbocycles. The number of aromatic nitrogens is 2. The number of piperazine rings is 1. The molecule has 0 aromatic carbocycles. The van der Waals surface area contributed by atoms with Crippen LogP contribution in [0.5, 0.6) is 0 Å². The van der Waals surface area contributed by atoms with E-state index >= 15 is 0 Å². The van der Waals surface area contributed by atoms with Crippen molar-refractivity contribution < 1.29 is 14.7 Å². The third-order valence-electron chi connectivity index (χ3n) is 7.29. The molecule has 7 nitrogen and oxygen atoms in total. The Kier molecular flexibility index (Phi) is 5.95. The van der Waals surface area contributed by atoms with Crippen LogP contribution in [0.4, 0.5) is 0 Å². The number of pyridine rings is 1. The Labute approximate surface area is 199 Å². The normalized spacial score (nSPS) is 23.9. The predicted octanol–water partition coefficient (Wildman–Crippen LogP) is 3.73. The molecule has 1 N–H and O–H groups in total. The van der Waals surface area contributed by atoms with E-state index in [1.165, 1.54) is 5.56 Å². The summed E-state index contributed by atoms with van der Waals surface area (Å²) in [5.74, 6) is 0.613. The standard InChI is InChI=1S/C25H31ClN4O3/c1-15(2)20-11-18(17-5-6-17)12-21-23(26)24(27-30(20)21)25(33)29-10-9-28(22(32)14-29)13-16-3-7-19(31)8-4-16/h11-12,16-17,19,31H,1,3-10,13-14H2,2H3. The number of rotatable bonds is 5. The minimum Gasteiger partial charge on any atom is -0.393 e. The molecule has 2 aliphatic carbocycles. The summed E-state index contributed by atoms with van der Waals surface area (Å²) in [5, 5.41) is 14.6. The Morgan fingerprint density at radius 2 is 1.91 bits per heavy atom. The second-order valence-electron chi connectivity index (χ2n) is 9.93. The number of aliphatic hydroxyl groups is 1. The first-order valence-electron chi connectivity index (χ1n) is 11.9. The lowest BCUT2D eigenvalue weighted by Crippen LogP contribution is -2.53. The van der Waals surface area contributed by atoms with E-state index in [0.717, 1.165) is 49.8 Å². The molecule has 0 spiro atoms. The van der Waals surface area contributed by atoms with Gasteiger partial charge in [0.05, 0.1) is 22.3 Å². The minimum atomic E-state index is -0.307. The van der Waals surface area contributed by atoms with Gasteiger partial charge in [0.15, 0.2) is 5.69 Å². The van der Waals surface area contributed by atoms with Crippen LogP contribution in [0.3, 0.4) is 0 Å². The maximum absolute atomic E-state index is 13.3. The quantitative estimate of drug-likeness (QED) is 0.722. The van der Waals surface area contributed by atoms with Crippen molar-refractivity contribution in [1.82, 2.24) is 19.4 Å². The fourth-order valence-corrected chi connectivity index (χ4v) is 5.35. The van der Waals surface area contributed by atoms with Crippen LogP contribution in [0.1, 0.15) is 73.1 Å². The molecule has 2 aromatic heterocycles. The van der Waals surface area contributed by atoms with Crippen LogP contribution in [0, 0.1) is 5.92 Å². The van der Waals surface area contributed by atoms with E-state index in [0.29, 0.717) is 42.0 Å². The molecule has 2 amide bonds. The van der Waals surface area contributed by atoms with Crippen molar-refractivity contribution in [2.45, 2.75) is 57.5 Å². The highest BCUT2D eigenvalue weighted by molar-refractivity contribution is 6.36. The molecule has 1 aliphatic heterocycles. The van der Waals surface area contributed by atoms with Crippen LogP contribution >= 0.6 is 11.6 Å². The van der Waals surface area contributed by atoms with E-state index < -0.39 is 0 Å². The number of halogens is 1. The summed E-state index contributed by atoms with van der Waals surface area (Å²) in [7, 11) is 0. The number of nitrogens with zero attached hydrogens (tertiary/aromatic N) is 4. The maximum atomic E-state index is 13.3. The molecule has 0 atom stereocenters. The smallest absolute Gasteiger partial charge is 0.276 e. The van der Waals surface area contributed by atoms with Crippen LogP contribution < -0.4 is 0 Å². The number of hydrogen-bond donors (Lipinski definition) is 1. The Bertz CT molecular complexity index is 1110. The van der Waals surface area contributed by atoms with Gasteiger partial charge >= 0.3 is 0 Å². The fourth-order valence-electron chi connectivity index (χ4n) is 5.10. The third-order valence-corrected chi connectivity index (χ3v) is 7.66. The second kappa shape index (κ2) is 8.76. The summed E-state index contributed by atoms with van der Waals surface area (Å²) in [5.41, 5.74) is 3.83. The number of allylic oxidation sites excluding steroid dienone is 1. The number of amides is 2. The van der Waals surface area contributed by atoms with Crippen molar-refractivity contribution in [2.24, 2.45) is 5.92 Å². The van der Waals surface area contributed by atoms with Gasteiger partial charge in [0, 0.05) is 19.6 Å². The van der Waals surface area contributed by atoms with Gasteiger partial charge in [-0.05, 0) is 80.6 Å². The van der Waals surface area contributed by atoms with Gasteiger partial charge in [-0.2, -0.15) is 5.10 Å². The lowest BCUT2D eigenvalue weighted by molar-refractivity contribution is -0.136. The van der Waals surface area contributed by atoms with Crippen LogP contribution in [0.15, 0.2) is 18.7 Å². The van der Waals surface area contributed by atoms with E-state index in [1.54, 1.807) is 9.42 Å². The SMILES string of the molecule is C=C(C)c1cc(C2CC2)cc2c(Cl)c(C(=O)N3CCN(CC4CCC(O)CC4)C(=O)C3)nn12. The van der Waals surface area contributed by atoms with Crippen LogP contribution in [-0.2, 0) is 4.79 Å². The second-order valence-corrected chi connectivity index (χ2v) is 10.3. The topological polar surface area (TPSA) is 78.2 Å². The van der Waals surface area contributed by atoms with Crippen molar-refractivity contribution in [3.63, 3.8) is 0 Å². The van der Waals surface area contributed by atoms with Gasteiger partial charge in [-0.15, -0.1) is 0 Å². The fraction of sp³-hybridized carbons (Fsp3) is 0.560. The van der Waals surface area contributed by atoms with Crippen LogP contribution in [0.25, 0.3) is 11.1 Å². The van der Waals surface area contributed by atoms with Crippen molar-refractivity contribution in [3.05, 3.63) is 40.7 Å². The summed E-state index contributed by atoms with van der Waals surface area (Å²) in [6.45, 7) is 7.72. The molecule has 3 heterocycles. The Hall–Kier alpha value is -2.38. The van der Waals surface area contributed by atoms with Gasteiger partial charge in [0.1, 0.15) is 6.54 Å². The zero-order valence-electron chi connectivity index (χ0n) is 19.1. The zero-order valence-corrected chi connectivity index (χ0v) is 19.9. The molecule has 0 bridgehead atoms. The highest BCUT2D eigenvalue weighted by atomic mass is 35.5. The van der Waals surface area contributed by atoms with Gasteiger partial charge in [-0.25, -0.2) is 4.52 Å². The highest BCUT2D eigenvalue weighted by Crippen LogP contribution is 2.42. The average molecular weight is 471 g/mol. The summed E-state index contributed by atoms with van der Waals surface area (Å²) >= 11 is 6.67. The monoisotopic (exact) mass is 470 g/mol. The number of carbonyl (C=O) groups is 2. The Balaban J connectivity index is 1.33. The largest absolute Gasteiger partial charge is 0.393 e. The van der Waals surface area contributed by atoms with Gasteiger partial charge < -0.3 is 14.9 Å². The average Bonchev–Trinajstić information content (AvgIpc) is 3.59. The Morgan fingerprint density at radius 3 is 2.55 bits per heavy atom. The molecular formula is C25H31ClN4O3. The van der Waals surface area contributed by atoms with Gasteiger partial charge in [-0.1, -0.05) is 18.2 Å². The van der Waals surface area contributed by atoms with Crippen molar-refractivity contribution in [3.8, 4) is 0 Å². The summed E-state index contributed by atoms with van der Waals surface area (Å²) in [6.07, 6.45) is 5.62. The van der Waals surface area contributed by atoms with Crippen molar-refractivity contribution >= 4 is 34.5 Å². The third kappa shape index (κ3) is 4.41. The molecule has 0 unspecified atom stereocenters. The summed E-state index contributed by atoms with van der Waals surface area (Å²) in [4.78, 5) is 29.6. The van der Waals surface area contributed by atoms with Crippen LogP contribution in [-0.4, -0.2) is 68.6 Å². The number of hydrogen-bond acceptors (Lipinski definition) is 4. The van der Waals surface area contributed by atoms with E-state index in [2.05, 4.69) is 17.7 Å². The van der Waals surface area contributed by atoms with Crippen molar-refractivity contribution in [2.75, 3.05) is 26.2 Å². The molecule has 3 aliphatic rings. The minimum absolute atomic E-state index is 0.0407. The molecule has 33 heavy (non-hydrogen) atoms. The molecule has 5 rings (SSSR count). The first-order valence-corrected chi connectivity index (χ1v) is 12.3. The highest BCUT2D eigenvalue weighted by Gasteiger charge is 2.33. The zero-order chi connectivity index (χ0) is 23.3. The number of carbonyl (C=O) groups excluding carboxylic acids is 2. The molecule has 176 valence electrons.